The fourth-order valence-corrected chi connectivity index (χ4v) is 4.69. The molecule has 0 saturated heterocycles. The molecule has 220 valence electrons. The standard InChI is InChI=1S/C30H52O8/c1-8-9-10-14-18-23-21-20-22(25(27(32)33)26(23)28(34)36-38-30(5,6)7)17-15-12-11-13-16-19-24(31)35-37-29(2,3)4/h20-23,25-26H,8-19H2,1-7H3,(H,32,33). The van der Waals surface area contributed by atoms with Crippen LogP contribution in [0.2, 0.25) is 0 Å². The van der Waals surface area contributed by atoms with E-state index in [1.165, 1.54) is 0 Å². The Labute approximate surface area is 229 Å². The lowest BCUT2D eigenvalue weighted by Crippen LogP contribution is -2.43. The van der Waals surface area contributed by atoms with Gasteiger partial charge in [0.2, 0.25) is 0 Å². The minimum absolute atomic E-state index is 0.178. The van der Waals surface area contributed by atoms with Crippen molar-refractivity contribution in [1.29, 1.82) is 0 Å². The van der Waals surface area contributed by atoms with Crippen molar-refractivity contribution in [3.05, 3.63) is 12.2 Å². The molecule has 0 aliphatic heterocycles. The predicted molar refractivity (Wildman–Crippen MR) is 146 cm³/mol. The van der Waals surface area contributed by atoms with E-state index in [9.17, 15) is 19.5 Å². The summed E-state index contributed by atoms with van der Waals surface area (Å²) < 4.78 is 0. The number of unbranched alkanes of at least 4 members (excludes halogenated alkanes) is 7. The van der Waals surface area contributed by atoms with Gasteiger partial charge in [0, 0.05) is 6.42 Å². The van der Waals surface area contributed by atoms with Crippen molar-refractivity contribution in [3.8, 4) is 0 Å². The van der Waals surface area contributed by atoms with E-state index < -0.39 is 35.0 Å². The average Bonchev–Trinajstić information content (AvgIpc) is 2.82. The second kappa shape index (κ2) is 16.9. The Morgan fingerprint density at radius 3 is 1.68 bits per heavy atom. The van der Waals surface area contributed by atoms with E-state index in [-0.39, 0.29) is 17.8 Å². The SMILES string of the molecule is CCCCCCC1C=CC(CCCCCCCC(=O)OOC(C)(C)C)C(C(=O)O)C1C(=O)OOC(C)(C)C. The maximum Gasteiger partial charge on any atom is 0.346 e. The van der Waals surface area contributed by atoms with Crippen molar-refractivity contribution < 1.29 is 39.0 Å². The monoisotopic (exact) mass is 540 g/mol. The van der Waals surface area contributed by atoms with Crippen LogP contribution in [-0.2, 0) is 33.9 Å². The summed E-state index contributed by atoms with van der Waals surface area (Å²) in [4.78, 5) is 57.6. The molecule has 0 fully saturated rings. The number of carbonyl (C=O) groups is 3. The summed E-state index contributed by atoms with van der Waals surface area (Å²) in [7, 11) is 0. The molecule has 0 bridgehead atoms. The highest BCUT2D eigenvalue weighted by molar-refractivity contribution is 5.82. The Morgan fingerprint density at radius 2 is 1.16 bits per heavy atom. The van der Waals surface area contributed by atoms with Gasteiger partial charge in [0.05, 0.1) is 11.8 Å². The topological polar surface area (TPSA) is 108 Å². The largest absolute Gasteiger partial charge is 0.481 e. The van der Waals surface area contributed by atoms with Crippen molar-refractivity contribution in [2.75, 3.05) is 0 Å². The Hall–Kier alpha value is -1.93. The van der Waals surface area contributed by atoms with E-state index in [0.717, 1.165) is 64.2 Å². The van der Waals surface area contributed by atoms with E-state index in [1.807, 2.05) is 32.9 Å². The maximum absolute atomic E-state index is 13.1. The summed E-state index contributed by atoms with van der Waals surface area (Å²) in [6.45, 7) is 12.9. The highest BCUT2D eigenvalue weighted by Gasteiger charge is 2.46. The van der Waals surface area contributed by atoms with E-state index in [0.29, 0.717) is 12.8 Å². The molecule has 0 aromatic rings. The minimum Gasteiger partial charge on any atom is -0.481 e. The molecule has 8 heteroatoms. The van der Waals surface area contributed by atoms with Crippen molar-refractivity contribution >= 4 is 17.9 Å². The van der Waals surface area contributed by atoms with Crippen LogP contribution >= 0.6 is 0 Å². The Bertz CT molecular complexity index is 746. The van der Waals surface area contributed by atoms with Crippen molar-refractivity contribution in [3.63, 3.8) is 0 Å². The van der Waals surface area contributed by atoms with Gasteiger partial charge in [-0.05, 0) is 72.6 Å². The molecule has 0 amide bonds. The van der Waals surface area contributed by atoms with Gasteiger partial charge >= 0.3 is 17.9 Å². The number of carboxylic acids is 1. The van der Waals surface area contributed by atoms with Gasteiger partial charge in [0.25, 0.3) is 0 Å². The summed E-state index contributed by atoms with van der Waals surface area (Å²) in [6, 6.07) is 0. The third-order valence-electron chi connectivity index (χ3n) is 6.54. The smallest absolute Gasteiger partial charge is 0.346 e. The van der Waals surface area contributed by atoms with E-state index in [4.69, 9.17) is 19.6 Å². The first-order valence-corrected chi connectivity index (χ1v) is 14.4. The van der Waals surface area contributed by atoms with Crippen molar-refractivity contribution in [1.82, 2.24) is 0 Å². The molecular formula is C30H52O8. The van der Waals surface area contributed by atoms with Crippen LogP contribution in [0, 0.1) is 23.7 Å². The summed E-state index contributed by atoms with van der Waals surface area (Å²) in [5.41, 5.74) is -1.20. The van der Waals surface area contributed by atoms with Crippen LogP contribution < -0.4 is 0 Å². The van der Waals surface area contributed by atoms with Gasteiger partial charge in [-0.1, -0.05) is 70.4 Å². The van der Waals surface area contributed by atoms with Crippen molar-refractivity contribution in [2.45, 2.75) is 137 Å². The number of hydrogen-bond donors (Lipinski definition) is 1. The molecule has 0 aromatic carbocycles. The number of carbonyl (C=O) groups excluding carboxylic acids is 2. The molecule has 0 spiro atoms. The molecule has 38 heavy (non-hydrogen) atoms. The van der Waals surface area contributed by atoms with Gasteiger partial charge < -0.3 is 5.11 Å². The summed E-state index contributed by atoms with van der Waals surface area (Å²) in [5.74, 6) is -3.96. The van der Waals surface area contributed by atoms with E-state index in [1.54, 1.807) is 20.8 Å². The maximum atomic E-state index is 13.1. The molecule has 1 aliphatic carbocycles. The van der Waals surface area contributed by atoms with Gasteiger partial charge in [-0.15, -0.1) is 0 Å². The molecule has 8 nitrogen and oxygen atoms in total. The summed E-state index contributed by atoms with van der Waals surface area (Å²) in [5, 5.41) is 10.2. The normalized spacial score (nSPS) is 21.8. The zero-order chi connectivity index (χ0) is 28.8. The summed E-state index contributed by atoms with van der Waals surface area (Å²) in [6.07, 6.45) is 14.3. The molecule has 1 rings (SSSR count). The quantitative estimate of drug-likeness (QED) is 0.0882. The first kappa shape index (κ1) is 34.1. The summed E-state index contributed by atoms with van der Waals surface area (Å²) >= 11 is 0. The number of carboxylic acid groups (broad SMARTS) is 1. The lowest BCUT2D eigenvalue weighted by Gasteiger charge is -2.36. The van der Waals surface area contributed by atoms with Crippen LogP contribution in [-0.4, -0.2) is 34.2 Å². The zero-order valence-electron chi connectivity index (χ0n) is 24.8. The number of hydrogen-bond acceptors (Lipinski definition) is 7. The van der Waals surface area contributed by atoms with Crippen LogP contribution in [0.1, 0.15) is 126 Å². The average molecular weight is 541 g/mol. The number of allylic oxidation sites excluding steroid dienone is 2. The fourth-order valence-electron chi connectivity index (χ4n) is 4.69. The fraction of sp³-hybridized carbons (Fsp3) is 0.833. The molecule has 1 N–H and O–H groups in total. The number of rotatable bonds is 17. The van der Waals surface area contributed by atoms with Crippen LogP contribution in [0.5, 0.6) is 0 Å². The van der Waals surface area contributed by atoms with Gasteiger partial charge in [0.15, 0.2) is 0 Å². The minimum atomic E-state index is -0.966. The number of aliphatic carboxylic acids is 1. The Morgan fingerprint density at radius 1 is 0.684 bits per heavy atom. The van der Waals surface area contributed by atoms with Gasteiger partial charge in [-0.25, -0.2) is 9.59 Å². The Kier molecular flexibility index (Phi) is 15.2. The first-order chi connectivity index (χ1) is 17.7. The molecule has 0 radical (unpaired) electrons. The highest BCUT2D eigenvalue weighted by Crippen LogP contribution is 2.40. The molecule has 0 saturated carbocycles. The molecule has 0 aromatic heterocycles. The second-order valence-corrected chi connectivity index (χ2v) is 12.5. The van der Waals surface area contributed by atoms with Crippen LogP contribution in [0.15, 0.2) is 12.2 Å². The lowest BCUT2D eigenvalue weighted by atomic mass is 9.67. The molecule has 0 heterocycles. The van der Waals surface area contributed by atoms with Crippen LogP contribution in [0.25, 0.3) is 0 Å². The highest BCUT2D eigenvalue weighted by atomic mass is 17.2. The first-order valence-electron chi connectivity index (χ1n) is 14.4. The lowest BCUT2D eigenvalue weighted by molar-refractivity contribution is -0.325. The third-order valence-corrected chi connectivity index (χ3v) is 6.54. The van der Waals surface area contributed by atoms with Gasteiger partial charge in [-0.3, -0.25) is 14.6 Å². The van der Waals surface area contributed by atoms with Gasteiger partial charge in [-0.2, -0.15) is 9.78 Å². The molecule has 4 unspecified atom stereocenters. The van der Waals surface area contributed by atoms with Gasteiger partial charge in [0.1, 0.15) is 11.2 Å². The van der Waals surface area contributed by atoms with E-state index in [2.05, 4.69) is 6.92 Å². The van der Waals surface area contributed by atoms with E-state index >= 15 is 0 Å². The predicted octanol–water partition coefficient (Wildman–Crippen LogP) is 7.35. The second-order valence-electron chi connectivity index (χ2n) is 12.5. The van der Waals surface area contributed by atoms with Crippen molar-refractivity contribution in [2.24, 2.45) is 23.7 Å². The Balaban J connectivity index is 2.65. The molecular weight excluding hydrogens is 488 g/mol. The molecule has 4 atom stereocenters. The van der Waals surface area contributed by atoms with Crippen LogP contribution in [0.3, 0.4) is 0 Å². The van der Waals surface area contributed by atoms with Crippen LogP contribution in [0.4, 0.5) is 0 Å². The zero-order valence-corrected chi connectivity index (χ0v) is 24.8. The molecule has 1 aliphatic rings. The third kappa shape index (κ3) is 14.3.